The maximum atomic E-state index is 12.7. The van der Waals surface area contributed by atoms with E-state index in [9.17, 15) is 14.7 Å². The number of carbonyl (C=O) groups is 2. The number of hydrogen-bond donors (Lipinski definition) is 1. The zero-order chi connectivity index (χ0) is 20.6. The molecule has 0 aliphatic carbocycles. The van der Waals surface area contributed by atoms with Crippen LogP contribution in [0.5, 0.6) is 0 Å². The van der Waals surface area contributed by atoms with Crippen LogP contribution in [0.3, 0.4) is 0 Å². The summed E-state index contributed by atoms with van der Waals surface area (Å²) in [7, 11) is 0. The summed E-state index contributed by atoms with van der Waals surface area (Å²) in [6.45, 7) is 1.11. The van der Waals surface area contributed by atoms with E-state index in [0.717, 1.165) is 31.4 Å². The Morgan fingerprint density at radius 1 is 1.28 bits per heavy atom. The van der Waals surface area contributed by atoms with Crippen LogP contribution in [0, 0.1) is 0 Å². The average Bonchev–Trinajstić information content (AvgIpc) is 3.00. The third kappa shape index (κ3) is 5.78. The van der Waals surface area contributed by atoms with E-state index in [2.05, 4.69) is 0 Å². The molecule has 7 heteroatoms. The lowest BCUT2D eigenvalue weighted by Gasteiger charge is -2.36. The summed E-state index contributed by atoms with van der Waals surface area (Å²) in [5.41, 5.74) is 1.06. The van der Waals surface area contributed by atoms with Crippen LogP contribution >= 0.6 is 24.0 Å². The lowest BCUT2D eigenvalue weighted by atomic mass is 9.99. The van der Waals surface area contributed by atoms with E-state index in [1.807, 2.05) is 47.4 Å². The number of thioether (sulfide) groups is 1. The minimum Gasteiger partial charge on any atom is -0.396 e. The fourth-order valence-corrected chi connectivity index (χ4v) is 4.91. The molecule has 29 heavy (non-hydrogen) atoms. The Morgan fingerprint density at radius 3 is 2.83 bits per heavy atom. The fraction of sp³-hybridized carbons (Fsp3) is 0.409. The van der Waals surface area contributed by atoms with Crippen molar-refractivity contribution in [1.82, 2.24) is 9.80 Å². The predicted molar refractivity (Wildman–Crippen MR) is 121 cm³/mol. The molecule has 2 heterocycles. The number of hydrogen-bond acceptors (Lipinski definition) is 5. The summed E-state index contributed by atoms with van der Waals surface area (Å²) in [4.78, 5) is 29.3. The van der Waals surface area contributed by atoms with E-state index in [1.54, 1.807) is 6.08 Å². The number of allylic oxidation sites excluding steroid dienone is 2. The van der Waals surface area contributed by atoms with Gasteiger partial charge in [-0.3, -0.25) is 14.5 Å². The van der Waals surface area contributed by atoms with Crippen molar-refractivity contribution in [3.05, 3.63) is 53.0 Å². The molecular formula is C22H26N2O3S2. The first kappa shape index (κ1) is 21.7. The highest BCUT2D eigenvalue weighted by Gasteiger charge is 2.33. The highest BCUT2D eigenvalue weighted by atomic mass is 32.2. The molecule has 1 atom stereocenters. The van der Waals surface area contributed by atoms with Gasteiger partial charge in [-0.05, 0) is 37.3 Å². The molecule has 2 aliphatic rings. The van der Waals surface area contributed by atoms with E-state index in [0.29, 0.717) is 22.2 Å². The van der Waals surface area contributed by atoms with Gasteiger partial charge in [0, 0.05) is 32.2 Å². The summed E-state index contributed by atoms with van der Waals surface area (Å²) in [6, 6.07) is 9.97. The van der Waals surface area contributed by atoms with Crippen molar-refractivity contribution in [3.63, 3.8) is 0 Å². The second-order valence-electron chi connectivity index (χ2n) is 7.12. The van der Waals surface area contributed by atoms with Gasteiger partial charge in [0.05, 0.1) is 4.91 Å². The normalized spacial score (nSPS) is 21.6. The van der Waals surface area contributed by atoms with E-state index in [-0.39, 0.29) is 30.9 Å². The smallest absolute Gasteiger partial charge is 0.266 e. The molecule has 154 valence electrons. The van der Waals surface area contributed by atoms with Gasteiger partial charge < -0.3 is 10.0 Å². The largest absolute Gasteiger partial charge is 0.396 e. The number of likely N-dealkylation sites (tertiary alicyclic amines) is 1. The van der Waals surface area contributed by atoms with Gasteiger partial charge in [-0.2, -0.15) is 0 Å². The van der Waals surface area contributed by atoms with Crippen LogP contribution in [-0.2, 0) is 9.59 Å². The summed E-state index contributed by atoms with van der Waals surface area (Å²) in [6.07, 6.45) is 9.44. The van der Waals surface area contributed by atoms with Gasteiger partial charge in [0.2, 0.25) is 5.91 Å². The molecule has 1 aromatic rings. The molecule has 0 bridgehead atoms. The lowest BCUT2D eigenvalue weighted by Crippen LogP contribution is -2.45. The van der Waals surface area contributed by atoms with E-state index >= 15 is 0 Å². The molecule has 1 N–H and O–H groups in total. The first-order valence-electron chi connectivity index (χ1n) is 9.97. The fourth-order valence-electron chi connectivity index (χ4n) is 3.65. The van der Waals surface area contributed by atoms with Crippen molar-refractivity contribution in [2.45, 2.75) is 38.1 Å². The molecule has 0 radical (unpaired) electrons. The summed E-state index contributed by atoms with van der Waals surface area (Å²) < 4.78 is 0.493. The zero-order valence-corrected chi connectivity index (χ0v) is 18.0. The number of nitrogens with zero attached hydrogens (tertiary/aromatic N) is 2. The maximum absolute atomic E-state index is 12.7. The number of rotatable bonds is 7. The Hall–Kier alpha value is -1.96. The van der Waals surface area contributed by atoms with Crippen molar-refractivity contribution in [3.8, 4) is 0 Å². The minimum atomic E-state index is -0.143. The van der Waals surface area contributed by atoms with Crippen molar-refractivity contribution in [2.24, 2.45) is 0 Å². The molecule has 2 fully saturated rings. The van der Waals surface area contributed by atoms with Crippen LogP contribution in [0.4, 0.5) is 0 Å². The molecular weight excluding hydrogens is 404 g/mol. The number of aliphatic hydroxyl groups is 1. The number of piperidine rings is 1. The summed E-state index contributed by atoms with van der Waals surface area (Å²) >= 11 is 6.63. The Bertz CT molecular complexity index is 806. The first-order chi connectivity index (χ1) is 14.1. The topological polar surface area (TPSA) is 60.9 Å². The number of thiocarbonyl (C=S) groups is 1. The Morgan fingerprint density at radius 2 is 2.07 bits per heavy atom. The third-order valence-corrected chi connectivity index (χ3v) is 6.56. The van der Waals surface area contributed by atoms with Gasteiger partial charge in [-0.15, -0.1) is 0 Å². The summed E-state index contributed by atoms with van der Waals surface area (Å²) in [5.74, 6) is -0.110. The maximum Gasteiger partial charge on any atom is 0.266 e. The second kappa shape index (κ2) is 10.7. The van der Waals surface area contributed by atoms with E-state index < -0.39 is 0 Å². The molecule has 0 aromatic heterocycles. The molecule has 2 amide bonds. The van der Waals surface area contributed by atoms with E-state index in [1.165, 1.54) is 16.7 Å². The quantitative estimate of drug-likeness (QED) is 0.529. The molecule has 2 saturated heterocycles. The Kier molecular flexibility index (Phi) is 8.03. The van der Waals surface area contributed by atoms with Crippen molar-refractivity contribution >= 4 is 46.2 Å². The van der Waals surface area contributed by atoms with Gasteiger partial charge in [0.1, 0.15) is 4.32 Å². The highest BCUT2D eigenvalue weighted by Crippen LogP contribution is 2.31. The van der Waals surface area contributed by atoms with Gasteiger partial charge in [-0.1, -0.05) is 66.5 Å². The predicted octanol–water partition coefficient (Wildman–Crippen LogP) is 3.60. The van der Waals surface area contributed by atoms with Crippen LogP contribution in [-0.4, -0.2) is 56.8 Å². The zero-order valence-electron chi connectivity index (χ0n) is 16.3. The second-order valence-corrected chi connectivity index (χ2v) is 8.80. The minimum absolute atomic E-state index is 0.0325. The Balaban J connectivity index is 1.56. The van der Waals surface area contributed by atoms with Crippen LogP contribution in [0.2, 0.25) is 0 Å². The highest BCUT2D eigenvalue weighted by molar-refractivity contribution is 8.26. The van der Waals surface area contributed by atoms with Gasteiger partial charge in [-0.25, -0.2) is 0 Å². The molecule has 2 aliphatic heterocycles. The lowest BCUT2D eigenvalue weighted by molar-refractivity contribution is -0.135. The third-order valence-electron chi connectivity index (χ3n) is 5.17. The number of carbonyl (C=O) groups excluding carboxylic acids is 2. The molecule has 0 saturated carbocycles. The number of benzene rings is 1. The molecule has 5 nitrogen and oxygen atoms in total. The molecule has 1 aromatic carbocycles. The van der Waals surface area contributed by atoms with Crippen molar-refractivity contribution in [2.75, 3.05) is 19.7 Å². The van der Waals surface area contributed by atoms with Gasteiger partial charge >= 0.3 is 0 Å². The van der Waals surface area contributed by atoms with Crippen molar-refractivity contribution in [1.29, 1.82) is 0 Å². The average molecular weight is 431 g/mol. The van der Waals surface area contributed by atoms with Gasteiger partial charge in [0.15, 0.2) is 0 Å². The standard InChI is InChI=1S/C22H26N2O3S2/c25-16-13-18-10-4-5-14-23(18)20(26)12-15-24-21(27)19(29-22(24)28)11-6-9-17-7-2-1-3-8-17/h1-3,6-9,11,18,25H,4-5,10,12-16H2/b9-6+,19-11-/t18-/m1/s1. The van der Waals surface area contributed by atoms with Crippen LogP contribution in [0.25, 0.3) is 6.08 Å². The molecule has 0 spiro atoms. The van der Waals surface area contributed by atoms with Crippen LogP contribution in [0.15, 0.2) is 47.4 Å². The number of amides is 2. The van der Waals surface area contributed by atoms with Crippen LogP contribution in [0.1, 0.15) is 37.7 Å². The van der Waals surface area contributed by atoms with E-state index in [4.69, 9.17) is 12.2 Å². The first-order valence-corrected chi connectivity index (χ1v) is 11.2. The summed E-state index contributed by atoms with van der Waals surface area (Å²) in [5, 5.41) is 9.24. The van der Waals surface area contributed by atoms with Crippen molar-refractivity contribution < 1.29 is 14.7 Å². The monoisotopic (exact) mass is 430 g/mol. The Labute approximate surface area is 181 Å². The molecule has 0 unspecified atom stereocenters. The SMILES string of the molecule is O=C1/C(=C/C=C/c2ccccc2)SC(=S)N1CCC(=O)N1CCCC[C@@H]1CCO. The van der Waals surface area contributed by atoms with Gasteiger partial charge in [0.25, 0.3) is 5.91 Å². The number of aliphatic hydroxyl groups excluding tert-OH is 1. The van der Waals surface area contributed by atoms with Crippen LogP contribution < -0.4 is 0 Å². The molecule has 3 rings (SSSR count).